The van der Waals surface area contributed by atoms with E-state index in [1.807, 2.05) is 24.3 Å². The van der Waals surface area contributed by atoms with E-state index >= 15 is 0 Å². The Hall–Kier alpha value is -1.33. The highest BCUT2D eigenvalue weighted by atomic mass is 79.9. The lowest BCUT2D eigenvalue weighted by Crippen LogP contribution is -2.04. The third-order valence-electron chi connectivity index (χ3n) is 3.03. The van der Waals surface area contributed by atoms with Crippen LogP contribution < -0.4 is 5.32 Å². The Morgan fingerprint density at radius 3 is 2.30 bits per heavy atom. The van der Waals surface area contributed by atoms with Gasteiger partial charge in [0.1, 0.15) is 0 Å². The zero-order valence-corrected chi connectivity index (χ0v) is 13.5. The van der Waals surface area contributed by atoms with Gasteiger partial charge in [-0.3, -0.25) is 0 Å². The van der Waals surface area contributed by atoms with Crippen LogP contribution in [0.5, 0.6) is 0 Å². The predicted octanol–water partition coefficient (Wildman–Crippen LogP) is 3.85. The van der Waals surface area contributed by atoms with Crippen molar-refractivity contribution in [2.24, 2.45) is 0 Å². The Labute approximate surface area is 128 Å². The molecule has 106 valence electrons. The fourth-order valence-electron chi connectivity index (χ4n) is 1.79. The van der Waals surface area contributed by atoms with Gasteiger partial charge >= 0.3 is 0 Å². The molecule has 0 amide bonds. The number of nitrogens with one attached hydrogen (secondary N) is 1. The van der Waals surface area contributed by atoms with Gasteiger partial charge in [0, 0.05) is 16.7 Å². The van der Waals surface area contributed by atoms with E-state index in [0.29, 0.717) is 11.4 Å². The first-order chi connectivity index (χ1) is 9.53. The van der Waals surface area contributed by atoms with Crippen LogP contribution in [0.25, 0.3) is 0 Å². The normalized spacial score (nSPS) is 11.3. The second-order valence-corrected chi connectivity index (χ2v) is 7.51. The van der Waals surface area contributed by atoms with Gasteiger partial charge in [0.2, 0.25) is 0 Å². The van der Waals surface area contributed by atoms with Gasteiger partial charge in [-0.15, -0.1) is 0 Å². The molecular formula is C15H16BrNO2S. The molecule has 0 spiro atoms. The highest BCUT2D eigenvalue weighted by Gasteiger charge is 2.10. The Kier molecular flexibility index (Phi) is 4.83. The smallest absolute Gasteiger partial charge is 0.178 e. The number of anilines is 1. The minimum Gasteiger partial charge on any atom is -0.381 e. The van der Waals surface area contributed by atoms with Gasteiger partial charge < -0.3 is 5.32 Å². The molecule has 2 rings (SSSR count). The van der Waals surface area contributed by atoms with Crippen molar-refractivity contribution >= 4 is 31.5 Å². The summed E-state index contributed by atoms with van der Waals surface area (Å²) in [7, 11) is -3.12. The number of halogens is 1. The molecule has 0 atom stereocenters. The maximum absolute atomic E-state index is 11.7. The predicted molar refractivity (Wildman–Crippen MR) is 85.6 cm³/mol. The highest BCUT2D eigenvalue weighted by molar-refractivity contribution is 9.10. The van der Waals surface area contributed by atoms with E-state index in [9.17, 15) is 8.42 Å². The van der Waals surface area contributed by atoms with E-state index in [1.54, 1.807) is 31.2 Å². The van der Waals surface area contributed by atoms with Crippen LogP contribution in [0.3, 0.4) is 0 Å². The van der Waals surface area contributed by atoms with E-state index in [4.69, 9.17) is 0 Å². The molecule has 0 aliphatic carbocycles. The van der Waals surface area contributed by atoms with Crippen LogP contribution in [0.2, 0.25) is 0 Å². The summed E-state index contributed by atoms with van der Waals surface area (Å²) in [5.74, 6) is 0.122. The molecule has 0 saturated heterocycles. The molecule has 0 saturated carbocycles. The third kappa shape index (κ3) is 3.61. The minimum absolute atomic E-state index is 0.122. The van der Waals surface area contributed by atoms with Gasteiger partial charge in [0.25, 0.3) is 0 Å². The van der Waals surface area contributed by atoms with Crippen molar-refractivity contribution in [3.8, 4) is 0 Å². The summed E-state index contributed by atoms with van der Waals surface area (Å²) in [4.78, 5) is 0.367. The van der Waals surface area contributed by atoms with Crippen LogP contribution in [0, 0.1) is 0 Å². The van der Waals surface area contributed by atoms with Crippen LogP contribution in [0.4, 0.5) is 5.69 Å². The molecule has 0 unspecified atom stereocenters. The number of hydrogen-bond donors (Lipinski definition) is 1. The topological polar surface area (TPSA) is 46.2 Å². The first kappa shape index (κ1) is 15.1. The number of rotatable bonds is 5. The summed E-state index contributed by atoms with van der Waals surface area (Å²) < 4.78 is 24.5. The van der Waals surface area contributed by atoms with Crippen molar-refractivity contribution < 1.29 is 8.42 Å². The van der Waals surface area contributed by atoms with Crippen molar-refractivity contribution in [1.29, 1.82) is 0 Å². The Bertz CT molecular complexity index is 681. The maximum Gasteiger partial charge on any atom is 0.178 e. The van der Waals surface area contributed by atoms with Crippen molar-refractivity contribution in [3.05, 3.63) is 58.6 Å². The molecule has 0 heterocycles. The fourth-order valence-corrected chi connectivity index (χ4v) is 3.09. The largest absolute Gasteiger partial charge is 0.381 e. The van der Waals surface area contributed by atoms with Gasteiger partial charge in [0.05, 0.1) is 10.6 Å². The minimum atomic E-state index is -3.12. The van der Waals surface area contributed by atoms with Gasteiger partial charge in [-0.2, -0.15) is 0 Å². The monoisotopic (exact) mass is 353 g/mol. The van der Waals surface area contributed by atoms with Crippen LogP contribution in [-0.4, -0.2) is 14.2 Å². The van der Waals surface area contributed by atoms with E-state index in [0.717, 1.165) is 15.7 Å². The first-order valence-corrected chi connectivity index (χ1v) is 8.77. The average Bonchev–Trinajstić information content (AvgIpc) is 2.47. The SMILES string of the molecule is CCS(=O)(=O)c1ccc(NCc2ccccc2Br)cc1. The van der Waals surface area contributed by atoms with Crippen molar-refractivity contribution in [2.45, 2.75) is 18.4 Å². The van der Waals surface area contributed by atoms with Gasteiger partial charge in [-0.25, -0.2) is 8.42 Å². The quantitative estimate of drug-likeness (QED) is 0.887. The molecule has 0 aliphatic heterocycles. The molecule has 0 aromatic heterocycles. The Morgan fingerprint density at radius 2 is 1.70 bits per heavy atom. The van der Waals surface area contributed by atoms with Crippen molar-refractivity contribution in [2.75, 3.05) is 11.1 Å². The Balaban J connectivity index is 2.07. The molecule has 20 heavy (non-hydrogen) atoms. The summed E-state index contributed by atoms with van der Waals surface area (Å²) in [6.07, 6.45) is 0. The van der Waals surface area contributed by atoms with Crippen molar-refractivity contribution in [1.82, 2.24) is 0 Å². The molecule has 1 N–H and O–H groups in total. The van der Waals surface area contributed by atoms with Gasteiger partial charge in [0.15, 0.2) is 9.84 Å². The van der Waals surface area contributed by atoms with Crippen LogP contribution in [-0.2, 0) is 16.4 Å². The van der Waals surface area contributed by atoms with E-state index in [1.165, 1.54) is 0 Å². The summed E-state index contributed by atoms with van der Waals surface area (Å²) in [6, 6.07) is 14.8. The van der Waals surface area contributed by atoms with E-state index in [2.05, 4.69) is 21.2 Å². The molecule has 3 nitrogen and oxygen atoms in total. The summed E-state index contributed by atoms with van der Waals surface area (Å²) in [5, 5.41) is 3.27. The molecule has 5 heteroatoms. The maximum atomic E-state index is 11.7. The summed E-state index contributed by atoms with van der Waals surface area (Å²) in [6.45, 7) is 2.33. The summed E-state index contributed by atoms with van der Waals surface area (Å²) in [5.41, 5.74) is 2.05. The second-order valence-electron chi connectivity index (χ2n) is 4.37. The molecule has 0 radical (unpaired) electrons. The fraction of sp³-hybridized carbons (Fsp3) is 0.200. The average molecular weight is 354 g/mol. The second kappa shape index (κ2) is 6.41. The lowest BCUT2D eigenvalue weighted by molar-refractivity contribution is 0.597. The first-order valence-electron chi connectivity index (χ1n) is 6.33. The van der Waals surface area contributed by atoms with E-state index in [-0.39, 0.29) is 5.75 Å². The zero-order valence-electron chi connectivity index (χ0n) is 11.1. The number of sulfone groups is 1. The molecule has 2 aromatic rings. The number of hydrogen-bond acceptors (Lipinski definition) is 3. The van der Waals surface area contributed by atoms with Crippen molar-refractivity contribution in [3.63, 3.8) is 0 Å². The molecular weight excluding hydrogens is 338 g/mol. The van der Waals surface area contributed by atoms with Crippen LogP contribution >= 0.6 is 15.9 Å². The highest BCUT2D eigenvalue weighted by Crippen LogP contribution is 2.19. The molecule has 0 bridgehead atoms. The van der Waals surface area contributed by atoms with Gasteiger partial charge in [-0.1, -0.05) is 41.1 Å². The van der Waals surface area contributed by atoms with E-state index < -0.39 is 9.84 Å². The molecule has 0 fully saturated rings. The molecule has 0 aliphatic rings. The molecule has 2 aromatic carbocycles. The van der Waals surface area contributed by atoms with Gasteiger partial charge in [-0.05, 0) is 35.9 Å². The standard InChI is InChI=1S/C15H16BrNO2S/c1-2-20(18,19)14-9-7-13(8-10-14)17-11-12-5-3-4-6-15(12)16/h3-10,17H,2,11H2,1H3. The Morgan fingerprint density at radius 1 is 1.05 bits per heavy atom. The third-order valence-corrected chi connectivity index (χ3v) is 5.56. The zero-order chi connectivity index (χ0) is 14.6. The number of benzene rings is 2. The van der Waals surface area contributed by atoms with Crippen LogP contribution in [0.1, 0.15) is 12.5 Å². The summed E-state index contributed by atoms with van der Waals surface area (Å²) >= 11 is 3.50. The lowest BCUT2D eigenvalue weighted by Gasteiger charge is -2.09. The lowest BCUT2D eigenvalue weighted by atomic mass is 10.2. The van der Waals surface area contributed by atoms with Crippen LogP contribution in [0.15, 0.2) is 57.9 Å².